The van der Waals surface area contributed by atoms with Gasteiger partial charge < -0.3 is 19.5 Å². The Bertz CT molecular complexity index is 1060. The number of rotatable bonds is 8. The van der Waals surface area contributed by atoms with Gasteiger partial charge in [0.2, 0.25) is 10.0 Å². The molecule has 0 unspecified atom stereocenters. The molecule has 1 aliphatic rings. The van der Waals surface area contributed by atoms with E-state index in [1.54, 1.807) is 12.1 Å². The largest absolute Gasteiger partial charge is 0.495 e. The van der Waals surface area contributed by atoms with Crippen molar-refractivity contribution in [3.63, 3.8) is 0 Å². The summed E-state index contributed by atoms with van der Waals surface area (Å²) in [4.78, 5) is 24.5. The average molecular weight is 463 g/mol. The van der Waals surface area contributed by atoms with Crippen LogP contribution < -0.4 is 10.1 Å². The summed E-state index contributed by atoms with van der Waals surface area (Å²) >= 11 is 0. The minimum atomic E-state index is -3.75. The predicted molar refractivity (Wildman–Crippen MR) is 117 cm³/mol. The Morgan fingerprint density at radius 3 is 2.41 bits per heavy atom. The predicted octanol–water partition coefficient (Wildman–Crippen LogP) is 2.07. The van der Waals surface area contributed by atoms with Gasteiger partial charge in [-0.3, -0.25) is 4.79 Å². The Morgan fingerprint density at radius 2 is 1.78 bits per heavy atom. The molecule has 1 N–H and O–H groups in total. The number of ether oxygens (including phenoxy) is 3. The van der Waals surface area contributed by atoms with Gasteiger partial charge in [-0.05, 0) is 42.3 Å². The smallest absolute Gasteiger partial charge is 0.338 e. The van der Waals surface area contributed by atoms with E-state index in [0.29, 0.717) is 18.8 Å². The Labute approximate surface area is 187 Å². The highest BCUT2D eigenvalue weighted by Gasteiger charge is 2.27. The summed E-state index contributed by atoms with van der Waals surface area (Å²) in [5, 5.41) is 2.55. The first-order valence-electron chi connectivity index (χ1n) is 10.2. The summed E-state index contributed by atoms with van der Waals surface area (Å²) in [6, 6.07) is 11.1. The summed E-state index contributed by atoms with van der Waals surface area (Å²) < 4.78 is 42.6. The maximum absolute atomic E-state index is 12.9. The van der Waals surface area contributed by atoms with E-state index in [-0.39, 0.29) is 29.4 Å². The Morgan fingerprint density at radius 1 is 1.09 bits per heavy atom. The van der Waals surface area contributed by atoms with Crippen LogP contribution in [0, 0.1) is 0 Å². The number of carbonyl (C=O) groups excluding carboxylic acids is 2. The molecule has 2 aromatic rings. The third kappa shape index (κ3) is 5.64. The van der Waals surface area contributed by atoms with Crippen LogP contribution in [0.3, 0.4) is 0 Å². The quantitative estimate of drug-likeness (QED) is 0.598. The lowest BCUT2D eigenvalue weighted by molar-refractivity contribution is -0.119. The molecule has 0 aliphatic carbocycles. The number of esters is 1. The second-order valence-electron chi connectivity index (χ2n) is 7.05. The lowest BCUT2D eigenvalue weighted by atomic mass is 10.1. The number of sulfonamides is 1. The first-order chi connectivity index (χ1) is 15.3. The van der Waals surface area contributed by atoms with Crippen molar-refractivity contribution in [3.8, 4) is 5.75 Å². The molecule has 1 heterocycles. The Hall–Kier alpha value is -2.95. The lowest BCUT2D eigenvalue weighted by Crippen LogP contribution is -2.40. The highest BCUT2D eigenvalue weighted by Crippen LogP contribution is 2.29. The first kappa shape index (κ1) is 23.7. The minimum Gasteiger partial charge on any atom is -0.495 e. The van der Waals surface area contributed by atoms with Crippen LogP contribution in [0.25, 0.3) is 0 Å². The van der Waals surface area contributed by atoms with Crippen LogP contribution in [0.5, 0.6) is 5.75 Å². The second kappa shape index (κ2) is 10.6. The highest BCUT2D eigenvalue weighted by molar-refractivity contribution is 7.89. The molecule has 2 aromatic carbocycles. The number of nitrogens with zero attached hydrogens (tertiary/aromatic N) is 1. The van der Waals surface area contributed by atoms with Gasteiger partial charge in [0.1, 0.15) is 5.75 Å². The summed E-state index contributed by atoms with van der Waals surface area (Å²) in [7, 11) is -2.35. The zero-order valence-electron chi connectivity index (χ0n) is 18.0. The fraction of sp³-hybridized carbons (Fsp3) is 0.364. The van der Waals surface area contributed by atoms with E-state index >= 15 is 0 Å². The number of nitrogens with one attached hydrogen (secondary N) is 1. The molecule has 32 heavy (non-hydrogen) atoms. The third-order valence-electron chi connectivity index (χ3n) is 4.99. The van der Waals surface area contributed by atoms with E-state index in [2.05, 4.69) is 5.32 Å². The topological polar surface area (TPSA) is 111 Å². The first-order valence-corrected chi connectivity index (χ1v) is 11.6. The van der Waals surface area contributed by atoms with Gasteiger partial charge in [0, 0.05) is 13.1 Å². The van der Waals surface area contributed by atoms with Gasteiger partial charge in [0.15, 0.2) is 6.61 Å². The van der Waals surface area contributed by atoms with Crippen molar-refractivity contribution < 1.29 is 32.2 Å². The summed E-state index contributed by atoms with van der Waals surface area (Å²) in [5.74, 6) is -0.970. The van der Waals surface area contributed by atoms with E-state index in [1.807, 2.05) is 19.1 Å². The second-order valence-corrected chi connectivity index (χ2v) is 8.99. The molecule has 3 rings (SSSR count). The number of amides is 1. The molecule has 1 saturated heterocycles. The Kier molecular flexibility index (Phi) is 7.84. The number of methoxy groups -OCH3 is 1. The molecule has 172 valence electrons. The van der Waals surface area contributed by atoms with Crippen molar-refractivity contribution >= 4 is 27.6 Å². The van der Waals surface area contributed by atoms with E-state index in [1.165, 1.54) is 29.6 Å². The molecule has 0 aromatic heterocycles. The number of carbonyl (C=O) groups is 2. The fourth-order valence-electron chi connectivity index (χ4n) is 3.16. The van der Waals surface area contributed by atoms with Crippen molar-refractivity contribution in [1.29, 1.82) is 0 Å². The van der Waals surface area contributed by atoms with Crippen LogP contribution in [0.15, 0.2) is 47.4 Å². The van der Waals surface area contributed by atoms with Crippen LogP contribution in [0.4, 0.5) is 5.69 Å². The molecule has 0 bridgehead atoms. The average Bonchev–Trinajstić information content (AvgIpc) is 2.83. The number of anilines is 1. The van der Waals surface area contributed by atoms with Gasteiger partial charge in [-0.15, -0.1) is 0 Å². The van der Waals surface area contributed by atoms with E-state index in [4.69, 9.17) is 14.2 Å². The maximum Gasteiger partial charge on any atom is 0.338 e. The molecule has 1 aliphatic heterocycles. The van der Waals surface area contributed by atoms with E-state index in [0.717, 1.165) is 12.0 Å². The zero-order valence-corrected chi connectivity index (χ0v) is 18.8. The van der Waals surface area contributed by atoms with Gasteiger partial charge in [-0.2, -0.15) is 4.31 Å². The fourth-order valence-corrected chi connectivity index (χ4v) is 4.59. The van der Waals surface area contributed by atoms with Gasteiger partial charge in [-0.25, -0.2) is 13.2 Å². The normalized spacial score (nSPS) is 14.6. The van der Waals surface area contributed by atoms with Gasteiger partial charge >= 0.3 is 5.97 Å². The van der Waals surface area contributed by atoms with Crippen LogP contribution in [-0.2, 0) is 30.7 Å². The van der Waals surface area contributed by atoms with Crippen molar-refractivity contribution in [3.05, 3.63) is 53.6 Å². The van der Waals surface area contributed by atoms with Crippen molar-refractivity contribution in [1.82, 2.24) is 4.31 Å². The molecule has 0 radical (unpaired) electrons. The lowest BCUT2D eigenvalue weighted by Gasteiger charge is -2.26. The summed E-state index contributed by atoms with van der Waals surface area (Å²) in [6.45, 7) is 2.64. The van der Waals surface area contributed by atoms with Gasteiger partial charge in [-0.1, -0.05) is 19.1 Å². The monoisotopic (exact) mass is 462 g/mol. The van der Waals surface area contributed by atoms with E-state index < -0.39 is 28.5 Å². The molecular weight excluding hydrogens is 436 g/mol. The number of benzene rings is 2. The van der Waals surface area contributed by atoms with Crippen LogP contribution in [-0.4, -0.2) is 64.6 Å². The molecule has 10 heteroatoms. The molecule has 1 fully saturated rings. The van der Waals surface area contributed by atoms with Crippen molar-refractivity contribution in [2.45, 2.75) is 18.2 Å². The molecule has 0 saturated carbocycles. The number of aryl methyl sites for hydroxylation is 1. The number of hydrogen-bond acceptors (Lipinski definition) is 7. The van der Waals surface area contributed by atoms with E-state index in [9.17, 15) is 18.0 Å². The van der Waals surface area contributed by atoms with Crippen LogP contribution in [0.1, 0.15) is 22.8 Å². The van der Waals surface area contributed by atoms with Crippen molar-refractivity contribution in [2.24, 2.45) is 0 Å². The summed E-state index contributed by atoms with van der Waals surface area (Å²) in [5.41, 5.74) is 1.58. The highest BCUT2D eigenvalue weighted by atomic mass is 32.2. The number of morpholine rings is 1. The standard InChI is InChI=1S/C22H26N2O7S/c1-3-16-4-6-17(7-5-16)22(26)31-15-21(25)23-19-14-18(8-9-20(19)29-2)32(27,28)24-10-12-30-13-11-24/h4-9,14H,3,10-13,15H2,1-2H3,(H,23,25). The molecule has 0 atom stereocenters. The molecular formula is C22H26N2O7S. The molecule has 1 amide bonds. The Balaban J connectivity index is 1.67. The zero-order chi connectivity index (χ0) is 23.1. The van der Waals surface area contributed by atoms with Gasteiger partial charge in [0.25, 0.3) is 5.91 Å². The van der Waals surface area contributed by atoms with Crippen molar-refractivity contribution in [2.75, 3.05) is 45.3 Å². The number of hydrogen-bond donors (Lipinski definition) is 1. The minimum absolute atomic E-state index is 0.0171. The van der Waals surface area contributed by atoms with Crippen LogP contribution in [0.2, 0.25) is 0 Å². The maximum atomic E-state index is 12.9. The third-order valence-corrected chi connectivity index (χ3v) is 6.88. The summed E-state index contributed by atoms with van der Waals surface area (Å²) in [6.07, 6.45) is 0.847. The van der Waals surface area contributed by atoms with Gasteiger partial charge in [0.05, 0.1) is 36.5 Å². The van der Waals surface area contributed by atoms with Crippen LogP contribution >= 0.6 is 0 Å². The SMILES string of the molecule is CCc1ccc(C(=O)OCC(=O)Nc2cc(S(=O)(=O)N3CCOCC3)ccc2OC)cc1. The molecule has 0 spiro atoms. The molecule has 9 nitrogen and oxygen atoms in total.